The van der Waals surface area contributed by atoms with Crippen LogP contribution >= 0.6 is 0 Å². The Morgan fingerprint density at radius 1 is 1.20 bits per heavy atom. The molecule has 2 fully saturated rings. The van der Waals surface area contributed by atoms with Crippen molar-refractivity contribution in [2.24, 2.45) is 5.92 Å². The van der Waals surface area contributed by atoms with E-state index in [1.165, 1.54) is 4.90 Å². The van der Waals surface area contributed by atoms with Gasteiger partial charge in [-0.2, -0.15) is 13.2 Å². The van der Waals surface area contributed by atoms with Crippen LogP contribution in [0.4, 0.5) is 23.7 Å². The van der Waals surface area contributed by atoms with Gasteiger partial charge in [-0.3, -0.25) is 4.79 Å². The number of urea groups is 1. The summed E-state index contributed by atoms with van der Waals surface area (Å²) in [5.41, 5.74) is 1.06. The molecule has 30 heavy (non-hydrogen) atoms. The molecule has 1 aromatic rings. The standard InChI is InChI=1S/C20H27F3N4O3/c1-30-16-5-2-4-15(10-16)26-9-7-14(12-26)11-24-19(29)27-8-3-6-17(27)18(28)25-13-20(21,22)23/h2,4-5,10,14,17H,3,6-9,11-13H2,1H3,(H,24,29)(H,25,28). The summed E-state index contributed by atoms with van der Waals surface area (Å²) in [6.07, 6.45) is -2.61. The predicted molar refractivity (Wildman–Crippen MR) is 106 cm³/mol. The number of rotatable bonds is 6. The van der Waals surface area contributed by atoms with Gasteiger partial charge in [-0.15, -0.1) is 0 Å². The van der Waals surface area contributed by atoms with Gasteiger partial charge in [0.1, 0.15) is 18.3 Å². The number of carbonyl (C=O) groups excluding carboxylic acids is 2. The molecule has 0 aliphatic carbocycles. The molecule has 2 aliphatic heterocycles. The van der Waals surface area contributed by atoms with Crippen molar-refractivity contribution < 1.29 is 27.5 Å². The average molecular weight is 428 g/mol. The number of likely N-dealkylation sites (tertiary alicyclic amines) is 1. The van der Waals surface area contributed by atoms with Crippen LogP contribution in [0, 0.1) is 5.92 Å². The number of hydrogen-bond acceptors (Lipinski definition) is 4. The zero-order valence-corrected chi connectivity index (χ0v) is 16.9. The predicted octanol–water partition coefficient (Wildman–Crippen LogP) is 2.37. The number of ether oxygens (including phenoxy) is 1. The van der Waals surface area contributed by atoms with Crippen LogP contribution in [0.5, 0.6) is 5.75 Å². The summed E-state index contributed by atoms with van der Waals surface area (Å²) < 4.78 is 42.2. The molecule has 0 aromatic heterocycles. The number of methoxy groups -OCH3 is 1. The van der Waals surface area contributed by atoms with Crippen molar-refractivity contribution >= 4 is 17.6 Å². The van der Waals surface area contributed by atoms with Gasteiger partial charge >= 0.3 is 12.2 Å². The number of alkyl halides is 3. The number of nitrogens with one attached hydrogen (secondary N) is 2. The number of amides is 3. The monoisotopic (exact) mass is 428 g/mol. The zero-order valence-electron chi connectivity index (χ0n) is 16.9. The molecule has 0 saturated carbocycles. The Morgan fingerprint density at radius 2 is 2.00 bits per heavy atom. The lowest BCUT2D eigenvalue weighted by molar-refractivity contribution is -0.140. The minimum atomic E-state index is -4.47. The second-order valence-electron chi connectivity index (χ2n) is 7.67. The Bertz CT molecular complexity index is 759. The van der Waals surface area contributed by atoms with E-state index in [2.05, 4.69) is 10.2 Å². The van der Waals surface area contributed by atoms with Gasteiger partial charge in [0, 0.05) is 37.9 Å². The largest absolute Gasteiger partial charge is 0.497 e. The number of hydrogen-bond donors (Lipinski definition) is 2. The SMILES string of the molecule is COc1cccc(N2CCC(CNC(=O)N3CCCC3C(=O)NCC(F)(F)F)C2)c1. The number of carbonyl (C=O) groups is 2. The summed E-state index contributed by atoms with van der Waals surface area (Å²) in [7, 11) is 1.62. The van der Waals surface area contributed by atoms with Gasteiger partial charge in [0.05, 0.1) is 7.11 Å². The van der Waals surface area contributed by atoms with Crippen molar-refractivity contribution in [1.29, 1.82) is 0 Å². The normalized spacial score (nSPS) is 21.6. The maximum atomic E-state index is 12.5. The molecule has 1 aromatic carbocycles. The number of nitrogens with zero attached hydrogens (tertiary/aromatic N) is 2. The number of halogens is 3. The molecule has 2 unspecified atom stereocenters. The van der Waals surface area contributed by atoms with E-state index < -0.39 is 30.7 Å². The van der Waals surface area contributed by atoms with Crippen molar-refractivity contribution in [3.8, 4) is 5.75 Å². The van der Waals surface area contributed by atoms with Crippen LogP contribution in [0.2, 0.25) is 0 Å². The second kappa shape index (κ2) is 9.44. The fourth-order valence-corrected chi connectivity index (χ4v) is 3.96. The van der Waals surface area contributed by atoms with E-state index in [0.717, 1.165) is 30.9 Å². The molecule has 2 aliphatic rings. The van der Waals surface area contributed by atoms with E-state index in [4.69, 9.17) is 4.74 Å². The smallest absolute Gasteiger partial charge is 0.405 e. The first kappa shape index (κ1) is 22.0. The van der Waals surface area contributed by atoms with Gasteiger partial charge < -0.3 is 25.2 Å². The van der Waals surface area contributed by atoms with Crippen molar-refractivity contribution in [3.05, 3.63) is 24.3 Å². The molecule has 2 atom stereocenters. The van der Waals surface area contributed by atoms with Gasteiger partial charge in [0.15, 0.2) is 0 Å². The fraction of sp³-hybridized carbons (Fsp3) is 0.600. The van der Waals surface area contributed by atoms with Crippen molar-refractivity contribution in [3.63, 3.8) is 0 Å². The summed E-state index contributed by atoms with van der Waals surface area (Å²) >= 11 is 0. The first-order valence-corrected chi connectivity index (χ1v) is 10.0. The van der Waals surface area contributed by atoms with Gasteiger partial charge in [-0.05, 0) is 37.3 Å². The van der Waals surface area contributed by atoms with Crippen LogP contribution in [-0.4, -0.2) is 68.9 Å². The summed E-state index contributed by atoms with van der Waals surface area (Å²) in [6.45, 7) is 1.06. The van der Waals surface area contributed by atoms with E-state index in [0.29, 0.717) is 25.9 Å². The van der Waals surface area contributed by atoms with Gasteiger partial charge in [-0.1, -0.05) is 6.07 Å². The minimum Gasteiger partial charge on any atom is -0.497 e. The summed E-state index contributed by atoms with van der Waals surface area (Å²) in [4.78, 5) is 28.2. The van der Waals surface area contributed by atoms with Crippen LogP contribution < -0.4 is 20.3 Å². The summed E-state index contributed by atoms with van der Waals surface area (Å²) in [5.74, 6) is 0.276. The van der Waals surface area contributed by atoms with Gasteiger partial charge in [0.2, 0.25) is 5.91 Å². The van der Waals surface area contributed by atoms with Crippen molar-refractivity contribution in [2.45, 2.75) is 31.5 Å². The highest BCUT2D eigenvalue weighted by molar-refractivity contribution is 5.87. The van der Waals surface area contributed by atoms with Gasteiger partial charge in [0.25, 0.3) is 0 Å². The lowest BCUT2D eigenvalue weighted by Gasteiger charge is -2.25. The molecule has 2 N–H and O–H groups in total. The first-order chi connectivity index (χ1) is 14.3. The fourth-order valence-electron chi connectivity index (χ4n) is 3.96. The molecule has 3 rings (SSSR count). The molecule has 0 spiro atoms. The van der Waals surface area contributed by atoms with Gasteiger partial charge in [-0.25, -0.2) is 4.79 Å². The third-order valence-electron chi connectivity index (χ3n) is 5.53. The molecular weight excluding hydrogens is 401 g/mol. The molecule has 0 bridgehead atoms. The van der Waals surface area contributed by atoms with Crippen LogP contribution in [0.25, 0.3) is 0 Å². The van der Waals surface area contributed by atoms with Crippen LogP contribution in [0.3, 0.4) is 0 Å². The van der Waals surface area contributed by atoms with Crippen LogP contribution in [0.15, 0.2) is 24.3 Å². The molecule has 10 heteroatoms. The highest BCUT2D eigenvalue weighted by Gasteiger charge is 2.36. The summed E-state index contributed by atoms with van der Waals surface area (Å²) in [6, 6.07) is 6.53. The maximum absolute atomic E-state index is 12.5. The molecule has 3 amide bonds. The number of anilines is 1. The van der Waals surface area contributed by atoms with Crippen LogP contribution in [-0.2, 0) is 4.79 Å². The van der Waals surface area contributed by atoms with Crippen LogP contribution in [0.1, 0.15) is 19.3 Å². The highest BCUT2D eigenvalue weighted by Crippen LogP contribution is 2.27. The Balaban J connectivity index is 1.47. The zero-order chi connectivity index (χ0) is 21.7. The quantitative estimate of drug-likeness (QED) is 0.730. The molecule has 0 radical (unpaired) electrons. The number of benzene rings is 1. The van der Waals surface area contributed by atoms with E-state index in [9.17, 15) is 22.8 Å². The molecular formula is C20H27F3N4O3. The third-order valence-corrected chi connectivity index (χ3v) is 5.53. The van der Waals surface area contributed by atoms with Crippen molar-refractivity contribution in [2.75, 3.05) is 44.7 Å². The molecule has 2 heterocycles. The highest BCUT2D eigenvalue weighted by atomic mass is 19.4. The Labute approximate surface area is 173 Å². The van der Waals surface area contributed by atoms with Crippen molar-refractivity contribution in [1.82, 2.24) is 15.5 Å². The average Bonchev–Trinajstić information content (AvgIpc) is 3.39. The van der Waals surface area contributed by atoms with E-state index in [1.54, 1.807) is 7.11 Å². The minimum absolute atomic E-state index is 0.250. The molecule has 166 valence electrons. The first-order valence-electron chi connectivity index (χ1n) is 10.0. The van der Waals surface area contributed by atoms with E-state index >= 15 is 0 Å². The lowest BCUT2D eigenvalue weighted by Crippen LogP contribution is -2.51. The Kier molecular flexibility index (Phi) is 6.94. The Morgan fingerprint density at radius 3 is 2.73 bits per heavy atom. The maximum Gasteiger partial charge on any atom is 0.405 e. The molecule has 2 saturated heterocycles. The van der Waals surface area contributed by atoms with E-state index in [-0.39, 0.29) is 5.92 Å². The second-order valence-corrected chi connectivity index (χ2v) is 7.67. The third kappa shape index (κ3) is 5.70. The lowest BCUT2D eigenvalue weighted by atomic mass is 10.1. The molecule has 7 nitrogen and oxygen atoms in total. The topological polar surface area (TPSA) is 73.9 Å². The summed E-state index contributed by atoms with van der Waals surface area (Å²) in [5, 5.41) is 4.73. The Hall–Kier alpha value is -2.65. The van der Waals surface area contributed by atoms with E-state index in [1.807, 2.05) is 29.6 Å².